The van der Waals surface area contributed by atoms with E-state index in [0.29, 0.717) is 4.91 Å². The first-order chi connectivity index (χ1) is 20.0. The predicted molar refractivity (Wildman–Crippen MR) is 168 cm³/mol. The van der Waals surface area contributed by atoms with Crippen LogP contribution in [0.25, 0.3) is 34.3 Å². The Bertz CT molecular complexity index is 1750. The largest absolute Gasteiger partial charge is 0.285 e. The van der Waals surface area contributed by atoms with E-state index in [1.807, 2.05) is 108 Å². The van der Waals surface area contributed by atoms with Gasteiger partial charge < -0.3 is 0 Å². The van der Waals surface area contributed by atoms with Gasteiger partial charge in [-0.3, -0.25) is 15.0 Å². The lowest BCUT2D eigenvalue weighted by atomic mass is 10.1. The Labute approximate surface area is 247 Å². The molecule has 1 aliphatic rings. The maximum Gasteiger partial charge on any atom is 0.285 e. The van der Waals surface area contributed by atoms with Gasteiger partial charge in [-0.15, -0.1) is 0 Å². The Morgan fingerprint density at radius 1 is 0.829 bits per heavy atom. The molecule has 2 heterocycles. The van der Waals surface area contributed by atoms with E-state index in [-0.39, 0.29) is 22.6 Å². The third-order valence-corrected chi connectivity index (χ3v) is 7.82. The number of thiocarbonyl (C=S) groups is 1. The van der Waals surface area contributed by atoms with Gasteiger partial charge in [0.1, 0.15) is 0 Å². The number of benzene rings is 4. The van der Waals surface area contributed by atoms with Crippen LogP contribution in [0.5, 0.6) is 0 Å². The minimum atomic E-state index is -0.351. The average Bonchev–Trinajstić information content (AvgIpc) is 3.56. The molecule has 6 rings (SSSR count). The van der Waals surface area contributed by atoms with Gasteiger partial charge in [0.2, 0.25) is 5.91 Å². The molecule has 1 N–H and O–H groups in total. The van der Waals surface area contributed by atoms with Crippen molar-refractivity contribution in [2.24, 2.45) is 0 Å². The van der Waals surface area contributed by atoms with E-state index in [1.165, 1.54) is 0 Å². The molecule has 6 nitrogen and oxygen atoms in total. The van der Waals surface area contributed by atoms with Crippen LogP contribution in [-0.2, 0) is 16.0 Å². The molecule has 41 heavy (non-hydrogen) atoms. The minimum absolute atomic E-state index is 0.156. The molecule has 0 radical (unpaired) electrons. The summed E-state index contributed by atoms with van der Waals surface area (Å²) in [6.45, 7) is 0. The number of thioether (sulfide) groups is 1. The molecule has 200 valence electrons. The van der Waals surface area contributed by atoms with Crippen molar-refractivity contribution in [1.29, 1.82) is 0 Å². The fraction of sp³-hybridized carbons (Fsp3) is 0.0303. The van der Waals surface area contributed by atoms with Crippen LogP contribution in [0.3, 0.4) is 0 Å². The molecule has 0 saturated carbocycles. The normalized spacial score (nSPS) is 14.0. The van der Waals surface area contributed by atoms with Gasteiger partial charge in [-0.2, -0.15) is 10.1 Å². The van der Waals surface area contributed by atoms with Gasteiger partial charge in [0.25, 0.3) is 5.91 Å². The zero-order valence-electron chi connectivity index (χ0n) is 21.8. The Balaban J connectivity index is 1.22. The van der Waals surface area contributed by atoms with Crippen LogP contribution in [0, 0.1) is 0 Å². The smallest absolute Gasteiger partial charge is 0.273 e. The van der Waals surface area contributed by atoms with Crippen molar-refractivity contribution < 1.29 is 9.59 Å². The number of amides is 2. The summed E-state index contributed by atoms with van der Waals surface area (Å²) < 4.78 is 2.22. The number of rotatable bonds is 7. The van der Waals surface area contributed by atoms with E-state index in [0.717, 1.165) is 56.1 Å². The predicted octanol–water partition coefficient (Wildman–Crippen LogP) is 6.68. The number of carbonyl (C=O) groups excluding carboxylic acids is 2. The lowest BCUT2D eigenvalue weighted by Gasteiger charge is -2.15. The highest BCUT2D eigenvalue weighted by molar-refractivity contribution is 8.26. The van der Waals surface area contributed by atoms with Crippen LogP contribution in [0.2, 0.25) is 0 Å². The number of hydrogen-bond donors (Lipinski definition) is 1. The summed E-state index contributed by atoms with van der Waals surface area (Å²) in [6, 6.07) is 39.5. The highest BCUT2D eigenvalue weighted by atomic mass is 32.2. The van der Waals surface area contributed by atoms with Crippen LogP contribution in [0.4, 0.5) is 0 Å². The summed E-state index contributed by atoms with van der Waals surface area (Å²) in [6.07, 6.45) is 1.94. The lowest BCUT2D eigenvalue weighted by molar-refractivity contribution is -0.132. The van der Waals surface area contributed by atoms with Crippen LogP contribution in [0.1, 0.15) is 11.1 Å². The van der Waals surface area contributed by atoms with Gasteiger partial charge in [-0.25, -0.2) is 4.68 Å². The van der Waals surface area contributed by atoms with Crippen molar-refractivity contribution >= 4 is 46.2 Å². The number of nitrogens with zero attached hydrogens (tertiary/aromatic N) is 3. The zero-order valence-corrected chi connectivity index (χ0v) is 23.4. The number of hydrogen-bond acceptors (Lipinski definition) is 5. The van der Waals surface area contributed by atoms with E-state index in [2.05, 4.69) is 23.6 Å². The minimum Gasteiger partial charge on any atom is -0.273 e. The lowest BCUT2D eigenvalue weighted by Crippen LogP contribution is -2.45. The second-order valence-corrected chi connectivity index (χ2v) is 11.0. The monoisotopic (exact) mass is 572 g/mol. The molecule has 5 aromatic rings. The van der Waals surface area contributed by atoms with Crippen molar-refractivity contribution in [3.8, 4) is 28.2 Å². The Kier molecular flexibility index (Phi) is 7.58. The van der Waals surface area contributed by atoms with Crippen molar-refractivity contribution in [3.63, 3.8) is 0 Å². The molecular formula is C33H24N4O2S2. The molecule has 0 aliphatic carbocycles. The number of nitrogens with one attached hydrogen (secondary N) is 1. The van der Waals surface area contributed by atoms with Crippen LogP contribution < -0.4 is 5.43 Å². The summed E-state index contributed by atoms with van der Waals surface area (Å²) in [7, 11) is 0. The SMILES string of the molecule is O=C(Cc1ccccc1)NN1C(=O)/C(=C/c2ccc(-n3nc(-c4ccccc4)cc3-c3ccccc3)cc2)SC1=S. The number of hydrazine groups is 1. The molecule has 8 heteroatoms. The van der Waals surface area contributed by atoms with E-state index >= 15 is 0 Å². The molecule has 1 aromatic heterocycles. The van der Waals surface area contributed by atoms with Crippen LogP contribution >= 0.6 is 24.0 Å². The molecular weight excluding hydrogens is 549 g/mol. The molecule has 1 aliphatic heterocycles. The fourth-order valence-electron chi connectivity index (χ4n) is 4.52. The van der Waals surface area contributed by atoms with Crippen molar-refractivity contribution in [3.05, 3.63) is 137 Å². The van der Waals surface area contributed by atoms with Crippen LogP contribution in [0.15, 0.2) is 126 Å². The van der Waals surface area contributed by atoms with Gasteiger partial charge in [-0.1, -0.05) is 115 Å². The number of carbonyl (C=O) groups is 2. The first kappa shape index (κ1) is 26.4. The molecule has 1 saturated heterocycles. The standard InChI is InChI=1S/C33H24N4O2S2/c38-31(21-23-10-4-1-5-11-23)35-37-32(39)30(41-33(37)40)20-24-16-18-27(19-17-24)36-29(26-14-8-3-9-15-26)22-28(34-36)25-12-6-2-7-13-25/h1-20,22H,21H2,(H,35,38)/b30-20-. The maximum atomic E-state index is 13.1. The third-order valence-electron chi connectivity index (χ3n) is 6.52. The van der Waals surface area contributed by atoms with Gasteiger partial charge in [0.05, 0.1) is 28.4 Å². The first-order valence-electron chi connectivity index (χ1n) is 13.0. The third kappa shape index (κ3) is 5.89. The summed E-state index contributed by atoms with van der Waals surface area (Å²) in [5.74, 6) is -0.655. The Morgan fingerprint density at radius 3 is 2.10 bits per heavy atom. The fourth-order valence-corrected chi connectivity index (χ4v) is 5.69. The summed E-state index contributed by atoms with van der Waals surface area (Å²) in [5, 5.41) is 6.07. The molecule has 0 bridgehead atoms. The van der Waals surface area contributed by atoms with E-state index in [1.54, 1.807) is 6.08 Å². The second-order valence-electron chi connectivity index (χ2n) is 9.36. The Hall–Kier alpha value is -4.79. The summed E-state index contributed by atoms with van der Waals surface area (Å²) in [5.41, 5.74) is 9.18. The van der Waals surface area contributed by atoms with Gasteiger partial charge in [0, 0.05) is 11.1 Å². The van der Waals surface area contributed by atoms with E-state index in [9.17, 15) is 9.59 Å². The summed E-state index contributed by atoms with van der Waals surface area (Å²) >= 11 is 6.55. The molecule has 0 unspecified atom stereocenters. The quantitative estimate of drug-likeness (QED) is 0.174. The topological polar surface area (TPSA) is 67.2 Å². The van der Waals surface area contributed by atoms with Crippen molar-refractivity contribution in [2.45, 2.75) is 6.42 Å². The van der Waals surface area contributed by atoms with Crippen molar-refractivity contribution in [2.75, 3.05) is 0 Å². The molecule has 0 spiro atoms. The van der Waals surface area contributed by atoms with Crippen molar-refractivity contribution in [1.82, 2.24) is 20.2 Å². The molecule has 4 aromatic carbocycles. The van der Waals surface area contributed by atoms with Gasteiger partial charge in [0.15, 0.2) is 4.32 Å². The second kappa shape index (κ2) is 11.8. The first-order valence-corrected chi connectivity index (χ1v) is 14.2. The van der Waals surface area contributed by atoms with Gasteiger partial charge >= 0.3 is 0 Å². The average molecular weight is 573 g/mol. The zero-order chi connectivity index (χ0) is 28.2. The molecule has 1 fully saturated rings. The summed E-state index contributed by atoms with van der Waals surface area (Å²) in [4.78, 5) is 26.0. The highest BCUT2D eigenvalue weighted by Gasteiger charge is 2.33. The highest BCUT2D eigenvalue weighted by Crippen LogP contribution is 2.32. The van der Waals surface area contributed by atoms with Crippen LogP contribution in [-0.4, -0.2) is 30.9 Å². The Morgan fingerprint density at radius 2 is 1.44 bits per heavy atom. The molecule has 2 amide bonds. The van der Waals surface area contributed by atoms with E-state index < -0.39 is 0 Å². The van der Waals surface area contributed by atoms with E-state index in [4.69, 9.17) is 17.3 Å². The molecule has 0 atom stereocenters. The maximum absolute atomic E-state index is 13.1. The van der Waals surface area contributed by atoms with Gasteiger partial charge in [-0.05, 0) is 47.6 Å². The number of aromatic nitrogens is 2.